The average molecular weight is 352 g/mol. The molecule has 126 valence electrons. The number of nitrogens with zero attached hydrogens (tertiary/aromatic N) is 1. The standard InChI is InChI=1S/C18H16N4O2S/c19-18(24)21-11-12-1-3-13(4-2-12)16(23)22-15-7-5-14(6-8-15)17-20-9-10-25-17/h1-10H,11H2,(H,22,23)(H3,19,21,24). The summed E-state index contributed by atoms with van der Waals surface area (Å²) in [7, 11) is 0. The first-order valence-corrected chi connectivity index (χ1v) is 8.43. The summed E-state index contributed by atoms with van der Waals surface area (Å²) in [6.45, 7) is 0.329. The molecule has 2 aromatic carbocycles. The number of primary amides is 1. The molecule has 0 saturated carbocycles. The van der Waals surface area contributed by atoms with Gasteiger partial charge in [-0.1, -0.05) is 12.1 Å². The Balaban J connectivity index is 1.62. The maximum absolute atomic E-state index is 12.3. The molecular formula is C18H16N4O2S. The molecule has 3 rings (SSSR count). The second-order valence-electron chi connectivity index (χ2n) is 5.28. The number of carbonyl (C=O) groups is 2. The SMILES string of the molecule is NC(=O)NCc1ccc(C(=O)Nc2ccc(-c3nccs3)cc2)cc1. The Bertz CT molecular complexity index is 859. The lowest BCUT2D eigenvalue weighted by Crippen LogP contribution is -2.28. The number of nitrogens with two attached hydrogens (primary N) is 1. The molecule has 0 spiro atoms. The first-order valence-electron chi connectivity index (χ1n) is 7.55. The van der Waals surface area contributed by atoms with Gasteiger partial charge in [0.05, 0.1) is 0 Å². The molecule has 6 nitrogen and oxygen atoms in total. The van der Waals surface area contributed by atoms with Crippen LogP contribution in [-0.2, 0) is 6.54 Å². The molecule has 0 atom stereocenters. The summed E-state index contributed by atoms with van der Waals surface area (Å²) in [4.78, 5) is 27.2. The van der Waals surface area contributed by atoms with Gasteiger partial charge in [0, 0.05) is 34.9 Å². The minimum Gasteiger partial charge on any atom is -0.352 e. The lowest BCUT2D eigenvalue weighted by molar-refractivity contribution is 0.102. The van der Waals surface area contributed by atoms with Gasteiger partial charge >= 0.3 is 6.03 Å². The number of urea groups is 1. The lowest BCUT2D eigenvalue weighted by Gasteiger charge is -2.07. The highest BCUT2D eigenvalue weighted by Gasteiger charge is 2.07. The Labute approximate surface area is 148 Å². The van der Waals surface area contributed by atoms with Crippen LogP contribution in [0.1, 0.15) is 15.9 Å². The molecule has 0 unspecified atom stereocenters. The third-order valence-electron chi connectivity index (χ3n) is 3.50. The number of nitrogens with one attached hydrogen (secondary N) is 2. The monoisotopic (exact) mass is 352 g/mol. The van der Waals surface area contributed by atoms with Crippen LogP contribution in [0.2, 0.25) is 0 Å². The predicted molar refractivity (Wildman–Crippen MR) is 98.4 cm³/mol. The van der Waals surface area contributed by atoms with E-state index in [1.165, 1.54) is 0 Å². The second-order valence-corrected chi connectivity index (χ2v) is 6.18. The maximum Gasteiger partial charge on any atom is 0.312 e. The first kappa shape index (κ1) is 16.7. The van der Waals surface area contributed by atoms with E-state index >= 15 is 0 Å². The molecule has 7 heteroatoms. The average Bonchev–Trinajstić information content (AvgIpc) is 3.15. The van der Waals surface area contributed by atoms with Gasteiger partial charge in [0.25, 0.3) is 5.91 Å². The van der Waals surface area contributed by atoms with Crippen LogP contribution in [0.5, 0.6) is 0 Å². The van der Waals surface area contributed by atoms with Gasteiger partial charge in [0.15, 0.2) is 0 Å². The van der Waals surface area contributed by atoms with Gasteiger partial charge in [-0.15, -0.1) is 11.3 Å². The van der Waals surface area contributed by atoms with E-state index in [2.05, 4.69) is 15.6 Å². The van der Waals surface area contributed by atoms with Crippen molar-refractivity contribution in [1.82, 2.24) is 10.3 Å². The molecule has 0 aliphatic heterocycles. The van der Waals surface area contributed by atoms with Crippen LogP contribution >= 0.6 is 11.3 Å². The highest BCUT2D eigenvalue weighted by Crippen LogP contribution is 2.23. The molecule has 0 aliphatic carbocycles. The Morgan fingerprint density at radius 1 is 1.04 bits per heavy atom. The van der Waals surface area contributed by atoms with E-state index in [1.54, 1.807) is 41.8 Å². The van der Waals surface area contributed by atoms with Gasteiger partial charge in [0.1, 0.15) is 5.01 Å². The first-order chi connectivity index (χ1) is 12.1. The number of aromatic nitrogens is 1. The highest BCUT2D eigenvalue weighted by atomic mass is 32.1. The third kappa shape index (κ3) is 4.42. The van der Waals surface area contributed by atoms with Gasteiger partial charge < -0.3 is 16.4 Å². The van der Waals surface area contributed by atoms with Crippen molar-refractivity contribution in [1.29, 1.82) is 0 Å². The summed E-state index contributed by atoms with van der Waals surface area (Å²) in [5, 5.41) is 8.22. The van der Waals surface area contributed by atoms with Crippen LogP contribution < -0.4 is 16.4 Å². The quantitative estimate of drug-likeness (QED) is 0.657. The number of thiazole rings is 1. The molecule has 25 heavy (non-hydrogen) atoms. The summed E-state index contributed by atoms with van der Waals surface area (Å²) >= 11 is 1.57. The number of anilines is 1. The third-order valence-corrected chi connectivity index (χ3v) is 4.33. The predicted octanol–water partition coefficient (Wildman–Crippen LogP) is 3.23. The van der Waals surface area contributed by atoms with Gasteiger partial charge in [-0.2, -0.15) is 0 Å². The van der Waals surface area contributed by atoms with E-state index in [0.29, 0.717) is 17.8 Å². The molecular weight excluding hydrogens is 336 g/mol. The molecule has 1 heterocycles. The number of hydrogen-bond donors (Lipinski definition) is 3. The van der Waals surface area contributed by atoms with Gasteiger partial charge in [0.2, 0.25) is 0 Å². The van der Waals surface area contributed by atoms with Gasteiger partial charge in [-0.3, -0.25) is 4.79 Å². The number of carbonyl (C=O) groups excluding carboxylic acids is 2. The van der Waals surface area contributed by atoms with Gasteiger partial charge in [-0.25, -0.2) is 9.78 Å². The molecule has 0 fully saturated rings. The van der Waals surface area contributed by atoms with Crippen molar-refractivity contribution in [3.63, 3.8) is 0 Å². The Morgan fingerprint density at radius 2 is 1.76 bits per heavy atom. The maximum atomic E-state index is 12.3. The number of hydrogen-bond acceptors (Lipinski definition) is 4. The van der Waals surface area contributed by atoms with Crippen LogP contribution in [0.4, 0.5) is 10.5 Å². The number of benzene rings is 2. The van der Waals surface area contributed by atoms with Crippen molar-refractivity contribution < 1.29 is 9.59 Å². The van der Waals surface area contributed by atoms with Crippen molar-refractivity contribution in [3.8, 4) is 10.6 Å². The fourth-order valence-corrected chi connectivity index (χ4v) is 2.87. The van der Waals surface area contributed by atoms with Crippen molar-refractivity contribution in [2.75, 3.05) is 5.32 Å². The van der Waals surface area contributed by atoms with Crippen molar-refractivity contribution in [3.05, 3.63) is 71.2 Å². The largest absolute Gasteiger partial charge is 0.352 e. The van der Waals surface area contributed by atoms with Crippen molar-refractivity contribution >= 4 is 29.0 Å². The minimum absolute atomic E-state index is 0.198. The normalized spacial score (nSPS) is 10.2. The summed E-state index contributed by atoms with van der Waals surface area (Å²) in [5.41, 5.74) is 8.15. The van der Waals surface area contributed by atoms with E-state index in [1.807, 2.05) is 29.6 Å². The molecule has 0 aliphatic rings. The van der Waals surface area contributed by atoms with Crippen LogP contribution in [0.15, 0.2) is 60.1 Å². The van der Waals surface area contributed by atoms with Crippen molar-refractivity contribution in [2.45, 2.75) is 6.54 Å². The molecule has 0 radical (unpaired) electrons. The fraction of sp³-hybridized carbons (Fsp3) is 0.0556. The zero-order valence-corrected chi connectivity index (χ0v) is 14.0. The van der Waals surface area contributed by atoms with Crippen LogP contribution in [0, 0.1) is 0 Å². The molecule has 0 saturated heterocycles. The Morgan fingerprint density at radius 3 is 2.36 bits per heavy atom. The summed E-state index contributed by atoms with van der Waals surface area (Å²) in [6, 6.07) is 13.9. The lowest BCUT2D eigenvalue weighted by atomic mass is 10.1. The zero-order valence-electron chi connectivity index (χ0n) is 13.2. The van der Waals surface area contributed by atoms with Crippen LogP contribution in [0.3, 0.4) is 0 Å². The summed E-state index contributed by atoms with van der Waals surface area (Å²) in [5.74, 6) is -0.198. The van der Waals surface area contributed by atoms with E-state index in [4.69, 9.17) is 5.73 Å². The molecule has 1 aromatic heterocycles. The molecule has 4 N–H and O–H groups in total. The molecule has 0 bridgehead atoms. The smallest absolute Gasteiger partial charge is 0.312 e. The molecule has 3 amide bonds. The van der Waals surface area contributed by atoms with Gasteiger partial charge in [-0.05, 0) is 42.0 Å². The highest BCUT2D eigenvalue weighted by molar-refractivity contribution is 7.13. The fourth-order valence-electron chi connectivity index (χ4n) is 2.23. The van der Waals surface area contributed by atoms with Crippen LogP contribution in [0.25, 0.3) is 10.6 Å². The van der Waals surface area contributed by atoms with Crippen molar-refractivity contribution in [2.24, 2.45) is 5.73 Å². The second kappa shape index (κ2) is 7.59. The van der Waals surface area contributed by atoms with E-state index in [9.17, 15) is 9.59 Å². The number of amides is 3. The van der Waals surface area contributed by atoms with E-state index in [0.717, 1.165) is 16.1 Å². The van der Waals surface area contributed by atoms with E-state index in [-0.39, 0.29) is 5.91 Å². The zero-order chi connectivity index (χ0) is 17.6. The summed E-state index contributed by atoms with van der Waals surface area (Å²) < 4.78 is 0. The summed E-state index contributed by atoms with van der Waals surface area (Å²) in [6.07, 6.45) is 1.76. The topological polar surface area (TPSA) is 97.1 Å². The Kier molecular flexibility index (Phi) is 5.06. The van der Waals surface area contributed by atoms with Crippen LogP contribution in [-0.4, -0.2) is 16.9 Å². The minimum atomic E-state index is -0.581. The molecule has 3 aromatic rings. The number of rotatable bonds is 5. The Hall–Kier alpha value is -3.19. The van der Waals surface area contributed by atoms with E-state index < -0.39 is 6.03 Å².